The van der Waals surface area contributed by atoms with E-state index < -0.39 is 0 Å². The van der Waals surface area contributed by atoms with Gasteiger partial charge in [-0.3, -0.25) is 4.79 Å². The summed E-state index contributed by atoms with van der Waals surface area (Å²) in [7, 11) is 1.68. The number of benzene rings is 1. The van der Waals surface area contributed by atoms with Gasteiger partial charge in [0.05, 0.1) is 17.7 Å². The predicted octanol–water partition coefficient (Wildman–Crippen LogP) is 3.89. The SMILES string of the molecule is C=CCSc1cc(C=C(C)C2=NNC(=O)CC2C)ccc1OC. The molecule has 1 unspecified atom stereocenters. The summed E-state index contributed by atoms with van der Waals surface area (Å²) in [6, 6.07) is 6.09. The summed E-state index contributed by atoms with van der Waals surface area (Å²) >= 11 is 1.69. The fourth-order valence-electron chi connectivity index (χ4n) is 2.50. The highest BCUT2D eigenvalue weighted by atomic mass is 32.2. The van der Waals surface area contributed by atoms with Crippen LogP contribution in [-0.2, 0) is 4.79 Å². The number of rotatable bonds is 6. The van der Waals surface area contributed by atoms with Crippen molar-refractivity contribution >= 4 is 29.5 Å². The summed E-state index contributed by atoms with van der Waals surface area (Å²) in [5, 5.41) is 4.20. The topological polar surface area (TPSA) is 50.7 Å². The number of nitrogens with one attached hydrogen (secondary N) is 1. The monoisotopic (exact) mass is 330 g/mol. The molecular formula is C18H22N2O2S. The molecule has 0 spiro atoms. The van der Waals surface area contributed by atoms with Gasteiger partial charge in [-0.1, -0.05) is 25.1 Å². The third-order valence-corrected chi connectivity index (χ3v) is 4.62. The van der Waals surface area contributed by atoms with E-state index in [1.807, 2.05) is 32.1 Å². The smallest absolute Gasteiger partial charge is 0.240 e. The molecule has 1 aromatic rings. The van der Waals surface area contributed by atoms with Crippen LogP contribution >= 0.6 is 11.8 Å². The number of carbonyl (C=O) groups is 1. The van der Waals surface area contributed by atoms with Crippen molar-refractivity contribution in [2.45, 2.75) is 25.2 Å². The highest BCUT2D eigenvalue weighted by Crippen LogP contribution is 2.31. The number of amides is 1. The summed E-state index contributed by atoms with van der Waals surface area (Å²) in [5.74, 6) is 1.80. The van der Waals surface area contributed by atoms with Crippen molar-refractivity contribution in [3.63, 3.8) is 0 Å². The molecule has 2 rings (SSSR count). The number of hydrogen-bond donors (Lipinski definition) is 1. The minimum absolute atomic E-state index is 0.0263. The Hall–Kier alpha value is -2.01. The van der Waals surface area contributed by atoms with Crippen molar-refractivity contribution in [1.82, 2.24) is 5.43 Å². The lowest BCUT2D eigenvalue weighted by atomic mass is 9.93. The Bertz CT molecular complexity index is 665. The first kappa shape index (κ1) is 17.3. The molecule has 1 aliphatic rings. The van der Waals surface area contributed by atoms with E-state index in [2.05, 4.69) is 29.2 Å². The highest BCUT2D eigenvalue weighted by Gasteiger charge is 2.21. The molecule has 0 saturated heterocycles. The molecule has 1 N–H and O–H groups in total. The van der Waals surface area contributed by atoms with Crippen LogP contribution in [-0.4, -0.2) is 24.5 Å². The summed E-state index contributed by atoms with van der Waals surface area (Å²) in [6.45, 7) is 7.80. The van der Waals surface area contributed by atoms with Gasteiger partial charge >= 0.3 is 0 Å². The van der Waals surface area contributed by atoms with Crippen molar-refractivity contribution in [3.05, 3.63) is 42.0 Å². The van der Waals surface area contributed by atoms with Gasteiger partial charge in [0.15, 0.2) is 0 Å². The van der Waals surface area contributed by atoms with Crippen molar-refractivity contribution < 1.29 is 9.53 Å². The summed E-state index contributed by atoms with van der Waals surface area (Å²) in [6.07, 6.45) is 4.44. The zero-order valence-corrected chi connectivity index (χ0v) is 14.6. The van der Waals surface area contributed by atoms with E-state index in [0.717, 1.165) is 33.2 Å². The highest BCUT2D eigenvalue weighted by molar-refractivity contribution is 7.99. The predicted molar refractivity (Wildman–Crippen MR) is 96.9 cm³/mol. The van der Waals surface area contributed by atoms with Gasteiger partial charge in [-0.2, -0.15) is 5.10 Å². The van der Waals surface area contributed by atoms with Gasteiger partial charge in [-0.15, -0.1) is 18.3 Å². The number of ether oxygens (including phenoxy) is 1. The maximum absolute atomic E-state index is 11.4. The van der Waals surface area contributed by atoms with Crippen molar-refractivity contribution in [1.29, 1.82) is 0 Å². The van der Waals surface area contributed by atoms with Gasteiger partial charge in [0.1, 0.15) is 5.75 Å². The molecular weight excluding hydrogens is 308 g/mol. The molecule has 0 aromatic heterocycles. The maximum Gasteiger partial charge on any atom is 0.240 e. The second-order valence-corrected chi connectivity index (χ2v) is 6.54. The van der Waals surface area contributed by atoms with E-state index in [-0.39, 0.29) is 11.8 Å². The Morgan fingerprint density at radius 1 is 1.57 bits per heavy atom. The third kappa shape index (κ3) is 4.48. The van der Waals surface area contributed by atoms with Gasteiger partial charge in [-0.05, 0) is 30.2 Å². The largest absolute Gasteiger partial charge is 0.496 e. The average molecular weight is 330 g/mol. The van der Waals surface area contributed by atoms with Crippen molar-refractivity contribution in [2.75, 3.05) is 12.9 Å². The molecule has 0 saturated carbocycles. The van der Waals surface area contributed by atoms with E-state index in [0.29, 0.717) is 6.42 Å². The number of allylic oxidation sites excluding steroid dienone is 1. The fraction of sp³-hybridized carbons (Fsp3) is 0.333. The number of hydrogen-bond acceptors (Lipinski definition) is 4. The van der Waals surface area contributed by atoms with E-state index in [4.69, 9.17) is 4.74 Å². The van der Waals surface area contributed by atoms with Crippen LogP contribution in [0.5, 0.6) is 5.75 Å². The van der Waals surface area contributed by atoms with Crippen molar-refractivity contribution in [3.8, 4) is 5.75 Å². The molecule has 0 bridgehead atoms. The molecule has 1 heterocycles. The minimum Gasteiger partial charge on any atom is -0.496 e. The maximum atomic E-state index is 11.4. The lowest BCUT2D eigenvalue weighted by Crippen LogP contribution is -2.31. The zero-order chi connectivity index (χ0) is 16.8. The van der Waals surface area contributed by atoms with E-state index in [1.165, 1.54) is 0 Å². The molecule has 0 aliphatic carbocycles. The Morgan fingerprint density at radius 2 is 2.35 bits per heavy atom. The molecule has 1 atom stereocenters. The number of nitrogens with zero attached hydrogens (tertiary/aromatic N) is 1. The standard InChI is InChI=1S/C18H22N2O2S/c1-5-8-23-16-11-14(6-7-15(16)22-4)9-12(2)18-13(3)10-17(21)19-20-18/h5-7,9,11,13H,1,8,10H2,2-4H3,(H,19,21). The fourth-order valence-corrected chi connectivity index (χ4v) is 3.31. The van der Waals surface area contributed by atoms with Gasteiger partial charge in [0, 0.05) is 18.1 Å². The minimum atomic E-state index is -0.0263. The van der Waals surface area contributed by atoms with Gasteiger partial charge < -0.3 is 4.74 Å². The number of hydrazone groups is 1. The molecule has 1 aliphatic heterocycles. The van der Waals surface area contributed by atoms with E-state index in [9.17, 15) is 4.79 Å². The summed E-state index contributed by atoms with van der Waals surface area (Å²) in [4.78, 5) is 12.4. The lowest BCUT2D eigenvalue weighted by Gasteiger charge is -2.19. The van der Waals surface area contributed by atoms with Gasteiger partial charge in [0.25, 0.3) is 0 Å². The number of methoxy groups -OCH3 is 1. The van der Waals surface area contributed by atoms with Crippen LogP contribution in [0.15, 0.2) is 46.4 Å². The molecule has 23 heavy (non-hydrogen) atoms. The van der Waals surface area contributed by atoms with E-state index in [1.54, 1.807) is 18.9 Å². The summed E-state index contributed by atoms with van der Waals surface area (Å²) in [5.41, 5.74) is 5.63. The Morgan fingerprint density at radius 3 is 3.00 bits per heavy atom. The average Bonchev–Trinajstić information content (AvgIpc) is 2.52. The second kappa shape index (κ2) is 8.02. The Labute approximate surface area is 141 Å². The van der Waals surface area contributed by atoms with Gasteiger partial charge in [0.2, 0.25) is 5.91 Å². The lowest BCUT2D eigenvalue weighted by molar-refractivity contribution is -0.121. The van der Waals surface area contributed by atoms with Crippen LogP contribution in [0.25, 0.3) is 6.08 Å². The second-order valence-electron chi connectivity index (χ2n) is 5.47. The van der Waals surface area contributed by atoms with Crippen LogP contribution in [0.3, 0.4) is 0 Å². The molecule has 1 aromatic carbocycles. The molecule has 0 fully saturated rings. The Balaban J connectivity index is 2.27. The zero-order valence-electron chi connectivity index (χ0n) is 13.8. The first-order valence-electron chi connectivity index (χ1n) is 7.52. The van der Waals surface area contributed by atoms with Crippen molar-refractivity contribution in [2.24, 2.45) is 11.0 Å². The first-order chi connectivity index (χ1) is 11.0. The molecule has 0 radical (unpaired) electrons. The van der Waals surface area contributed by atoms with Gasteiger partial charge in [-0.25, -0.2) is 5.43 Å². The van der Waals surface area contributed by atoms with Crippen LogP contribution in [0.2, 0.25) is 0 Å². The third-order valence-electron chi connectivity index (χ3n) is 3.59. The number of thioether (sulfide) groups is 1. The van der Waals surface area contributed by atoms with Crippen LogP contribution in [0, 0.1) is 5.92 Å². The summed E-state index contributed by atoms with van der Waals surface area (Å²) < 4.78 is 5.40. The molecule has 122 valence electrons. The molecule has 4 nitrogen and oxygen atoms in total. The quantitative estimate of drug-likeness (QED) is 0.636. The van der Waals surface area contributed by atoms with Crippen LogP contribution in [0.1, 0.15) is 25.8 Å². The van der Waals surface area contributed by atoms with E-state index >= 15 is 0 Å². The normalized spacial score (nSPS) is 18.2. The van der Waals surface area contributed by atoms with Crippen LogP contribution < -0.4 is 10.2 Å². The number of carbonyl (C=O) groups excluding carboxylic acids is 1. The Kier molecular flexibility index (Phi) is 6.04. The molecule has 5 heteroatoms. The van der Waals surface area contributed by atoms with Crippen LogP contribution in [0.4, 0.5) is 0 Å². The molecule has 1 amide bonds. The first-order valence-corrected chi connectivity index (χ1v) is 8.50.